The van der Waals surface area contributed by atoms with E-state index in [2.05, 4.69) is 41.4 Å². The largest absolute Gasteiger partial charge is 0.354 e. The van der Waals surface area contributed by atoms with Gasteiger partial charge in [-0.3, -0.25) is 9.59 Å². The van der Waals surface area contributed by atoms with Crippen molar-refractivity contribution < 1.29 is 9.59 Å². The Balaban J connectivity index is 2.46. The number of aryl methyl sites for hydroxylation is 1. The number of likely N-dealkylation sites (N-methyl/N-ethyl adjacent to an activating group) is 1. The summed E-state index contributed by atoms with van der Waals surface area (Å²) in [5.74, 6) is 0.138. The SMILES string of the molecule is CCc1ccc(C(CNC(=O)CCCC(=O)N(CC)CC)N(C)C)cc1. The van der Waals surface area contributed by atoms with Crippen molar-refractivity contribution in [3.05, 3.63) is 35.4 Å². The molecule has 1 N–H and O–H groups in total. The quantitative estimate of drug-likeness (QED) is 0.659. The van der Waals surface area contributed by atoms with Crippen LogP contribution in [-0.4, -0.2) is 55.3 Å². The van der Waals surface area contributed by atoms with Gasteiger partial charge < -0.3 is 15.1 Å². The Hall–Kier alpha value is -1.88. The molecule has 0 heterocycles. The van der Waals surface area contributed by atoms with Gasteiger partial charge in [-0.15, -0.1) is 0 Å². The highest BCUT2D eigenvalue weighted by molar-refractivity contribution is 5.78. The smallest absolute Gasteiger partial charge is 0.222 e. The zero-order valence-corrected chi connectivity index (χ0v) is 17.0. The van der Waals surface area contributed by atoms with Gasteiger partial charge in [0.05, 0.1) is 6.04 Å². The molecule has 146 valence electrons. The molecule has 1 atom stereocenters. The van der Waals surface area contributed by atoms with Crippen LogP contribution in [0, 0.1) is 0 Å². The molecule has 0 radical (unpaired) electrons. The zero-order valence-electron chi connectivity index (χ0n) is 17.0. The molecule has 0 aromatic heterocycles. The molecule has 0 saturated carbocycles. The van der Waals surface area contributed by atoms with Crippen LogP contribution >= 0.6 is 0 Å². The van der Waals surface area contributed by atoms with E-state index in [4.69, 9.17) is 0 Å². The van der Waals surface area contributed by atoms with Crippen molar-refractivity contribution in [3.63, 3.8) is 0 Å². The first-order valence-corrected chi connectivity index (χ1v) is 9.72. The lowest BCUT2D eigenvalue weighted by atomic mass is 10.0. The molecule has 1 unspecified atom stereocenters. The van der Waals surface area contributed by atoms with E-state index >= 15 is 0 Å². The summed E-state index contributed by atoms with van der Waals surface area (Å²) in [6.45, 7) is 8.11. The first-order chi connectivity index (χ1) is 12.4. The lowest BCUT2D eigenvalue weighted by molar-refractivity contribution is -0.131. The third kappa shape index (κ3) is 7.16. The number of hydrogen-bond acceptors (Lipinski definition) is 3. The van der Waals surface area contributed by atoms with Crippen LogP contribution in [0.2, 0.25) is 0 Å². The molecule has 0 fully saturated rings. The Labute approximate surface area is 158 Å². The van der Waals surface area contributed by atoms with E-state index in [-0.39, 0.29) is 17.9 Å². The highest BCUT2D eigenvalue weighted by Crippen LogP contribution is 2.18. The van der Waals surface area contributed by atoms with E-state index in [1.54, 1.807) is 4.90 Å². The first-order valence-electron chi connectivity index (χ1n) is 9.72. The van der Waals surface area contributed by atoms with Crippen molar-refractivity contribution in [2.24, 2.45) is 0 Å². The molecule has 26 heavy (non-hydrogen) atoms. The molecular formula is C21H35N3O2. The van der Waals surface area contributed by atoms with Gasteiger partial charge in [0, 0.05) is 32.5 Å². The number of benzene rings is 1. The number of nitrogens with zero attached hydrogens (tertiary/aromatic N) is 2. The summed E-state index contributed by atoms with van der Waals surface area (Å²) in [6, 6.07) is 8.71. The minimum Gasteiger partial charge on any atom is -0.354 e. The predicted molar refractivity (Wildman–Crippen MR) is 107 cm³/mol. The highest BCUT2D eigenvalue weighted by atomic mass is 16.2. The monoisotopic (exact) mass is 361 g/mol. The standard InChI is InChI=1S/C21H35N3O2/c1-6-17-12-14-18(15-13-17)19(23(4)5)16-22-20(25)10-9-11-21(26)24(7-2)8-3/h12-15,19H,6-11,16H2,1-5H3,(H,22,25). The van der Waals surface area contributed by atoms with Gasteiger partial charge in [0.1, 0.15) is 0 Å². The average Bonchev–Trinajstić information content (AvgIpc) is 2.63. The second-order valence-electron chi connectivity index (χ2n) is 6.80. The summed E-state index contributed by atoms with van der Waals surface area (Å²) in [5, 5.41) is 3.02. The van der Waals surface area contributed by atoms with Crippen LogP contribution < -0.4 is 5.32 Å². The fourth-order valence-electron chi connectivity index (χ4n) is 3.01. The highest BCUT2D eigenvalue weighted by Gasteiger charge is 2.16. The van der Waals surface area contributed by atoms with Gasteiger partial charge in [-0.05, 0) is 51.9 Å². The minimum atomic E-state index is 0.00868. The Kier molecular flexibility index (Phi) is 9.96. The Bertz CT molecular complexity index is 551. The van der Waals surface area contributed by atoms with Gasteiger partial charge in [-0.2, -0.15) is 0 Å². The summed E-state index contributed by atoms with van der Waals surface area (Å²) >= 11 is 0. The van der Waals surface area contributed by atoms with Gasteiger partial charge in [0.2, 0.25) is 11.8 Å². The molecule has 5 nitrogen and oxygen atoms in total. The van der Waals surface area contributed by atoms with E-state index in [1.165, 1.54) is 11.1 Å². The summed E-state index contributed by atoms with van der Waals surface area (Å²) in [7, 11) is 4.04. The number of amides is 2. The average molecular weight is 362 g/mol. The molecule has 2 amide bonds. The molecule has 5 heteroatoms. The normalized spacial score (nSPS) is 12.1. The Morgan fingerprint density at radius 1 is 1.00 bits per heavy atom. The third-order valence-electron chi connectivity index (χ3n) is 4.80. The van der Waals surface area contributed by atoms with Gasteiger partial charge >= 0.3 is 0 Å². The van der Waals surface area contributed by atoms with Crippen LogP contribution in [0.4, 0.5) is 0 Å². The second-order valence-corrected chi connectivity index (χ2v) is 6.80. The van der Waals surface area contributed by atoms with Crippen molar-refractivity contribution in [2.75, 3.05) is 33.7 Å². The van der Waals surface area contributed by atoms with Crippen LogP contribution in [0.3, 0.4) is 0 Å². The van der Waals surface area contributed by atoms with Crippen LogP contribution in [0.15, 0.2) is 24.3 Å². The number of carbonyl (C=O) groups is 2. The van der Waals surface area contributed by atoms with Crippen molar-refractivity contribution >= 4 is 11.8 Å². The topological polar surface area (TPSA) is 52.7 Å². The zero-order chi connectivity index (χ0) is 19.5. The number of hydrogen-bond donors (Lipinski definition) is 1. The van der Waals surface area contributed by atoms with Crippen LogP contribution in [0.25, 0.3) is 0 Å². The molecule has 0 aliphatic rings. The maximum Gasteiger partial charge on any atom is 0.222 e. The number of nitrogens with one attached hydrogen (secondary N) is 1. The van der Waals surface area contributed by atoms with E-state index < -0.39 is 0 Å². The third-order valence-corrected chi connectivity index (χ3v) is 4.80. The second kappa shape index (κ2) is 11.7. The Morgan fingerprint density at radius 2 is 1.62 bits per heavy atom. The molecule has 0 saturated heterocycles. The predicted octanol–water partition coefficient (Wildman–Crippen LogP) is 3.01. The molecular weight excluding hydrogens is 326 g/mol. The molecule has 0 spiro atoms. The molecule has 0 bridgehead atoms. The summed E-state index contributed by atoms with van der Waals surface area (Å²) in [6.07, 6.45) is 2.45. The summed E-state index contributed by atoms with van der Waals surface area (Å²) in [4.78, 5) is 28.0. The van der Waals surface area contributed by atoms with Gasteiger partial charge in [0.25, 0.3) is 0 Å². The molecule has 1 rings (SSSR count). The number of rotatable bonds is 11. The molecule has 1 aromatic rings. The van der Waals surface area contributed by atoms with Crippen LogP contribution in [-0.2, 0) is 16.0 Å². The van der Waals surface area contributed by atoms with Gasteiger partial charge in [-0.1, -0.05) is 31.2 Å². The van der Waals surface area contributed by atoms with Crippen molar-refractivity contribution in [1.82, 2.24) is 15.1 Å². The first kappa shape index (κ1) is 22.2. The van der Waals surface area contributed by atoms with Gasteiger partial charge in [0.15, 0.2) is 0 Å². The lowest BCUT2D eigenvalue weighted by Crippen LogP contribution is -2.34. The summed E-state index contributed by atoms with van der Waals surface area (Å²) in [5.41, 5.74) is 2.51. The molecule has 0 aliphatic heterocycles. The fourth-order valence-corrected chi connectivity index (χ4v) is 3.01. The van der Waals surface area contributed by atoms with Crippen molar-refractivity contribution in [1.29, 1.82) is 0 Å². The van der Waals surface area contributed by atoms with E-state index in [9.17, 15) is 9.59 Å². The van der Waals surface area contributed by atoms with E-state index in [0.29, 0.717) is 25.8 Å². The fraction of sp³-hybridized carbons (Fsp3) is 0.619. The summed E-state index contributed by atoms with van der Waals surface area (Å²) < 4.78 is 0. The van der Waals surface area contributed by atoms with Crippen molar-refractivity contribution in [2.45, 2.75) is 52.5 Å². The van der Waals surface area contributed by atoms with Crippen molar-refractivity contribution in [3.8, 4) is 0 Å². The molecule has 1 aromatic carbocycles. The van der Waals surface area contributed by atoms with Crippen LogP contribution in [0.5, 0.6) is 0 Å². The number of carbonyl (C=O) groups excluding carboxylic acids is 2. The van der Waals surface area contributed by atoms with Crippen LogP contribution in [0.1, 0.15) is 57.2 Å². The lowest BCUT2D eigenvalue weighted by Gasteiger charge is -2.25. The molecule has 0 aliphatic carbocycles. The van der Waals surface area contributed by atoms with E-state index in [0.717, 1.165) is 19.5 Å². The Morgan fingerprint density at radius 3 is 2.12 bits per heavy atom. The van der Waals surface area contributed by atoms with E-state index in [1.807, 2.05) is 27.9 Å². The maximum absolute atomic E-state index is 12.1. The minimum absolute atomic E-state index is 0.00868. The maximum atomic E-state index is 12.1. The van der Waals surface area contributed by atoms with Gasteiger partial charge in [-0.25, -0.2) is 0 Å².